The number of esters is 2. The van der Waals surface area contributed by atoms with Gasteiger partial charge in [-0.25, -0.2) is 9.48 Å². The van der Waals surface area contributed by atoms with Gasteiger partial charge in [-0.15, -0.1) is 5.10 Å². The molecule has 59 heavy (non-hydrogen) atoms. The van der Waals surface area contributed by atoms with Gasteiger partial charge in [0.1, 0.15) is 6.10 Å². The molecule has 0 amide bonds. The van der Waals surface area contributed by atoms with E-state index in [2.05, 4.69) is 22.2 Å². The Kier molecular flexibility index (Phi) is 20.7. The molecule has 0 aliphatic carbocycles. The van der Waals surface area contributed by atoms with Crippen molar-refractivity contribution >= 4 is 25.0 Å². The van der Waals surface area contributed by atoms with Crippen LogP contribution in [0.1, 0.15) is 158 Å². The first-order valence-electron chi connectivity index (χ1n) is 21.6. The van der Waals surface area contributed by atoms with Gasteiger partial charge in [0.15, 0.2) is 11.7 Å². The zero-order valence-electron chi connectivity index (χ0n) is 37.1. The molecule has 2 aromatic rings. The molecule has 1 aliphatic heterocycles. The maximum atomic E-state index is 14.1. The highest BCUT2D eigenvalue weighted by atomic mass is 31.2. The Morgan fingerprint density at radius 2 is 1.34 bits per heavy atom. The summed E-state index contributed by atoms with van der Waals surface area (Å²) in [6.45, 7) is 15.4. The van der Waals surface area contributed by atoms with Crippen molar-refractivity contribution in [3.63, 3.8) is 0 Å². The van der Waals surface area contributed by atoms with Crippen LogP contribution in [0.15, 0.2) is 28.0 Å². The first-order chi connectivity index (χ1) is 27.9. The number of nitrogens with one attached hydrogen (secondary N) is 1. The fourth-order valence-electron chi connectivity index (χ4n) is 6.87. The van der Waals surface area contributed by atoms with Crippen molar-refractivity contribution in [1.82, 2.24) is 24.5 Å². The second-order valence-corrected chi connectivity index (χ2v) is 20.0. The average Bonchev–Trinajstić information content (AvgIpc) is 3.77. The molecule has 0 saturated carbocycles. The number of ether oxygens (including phenoxy) is 4. The molecular formula is C42H72N5O11P. The van der Waals surface area contributed by atoms with Crippen LogP contribution in [0.3, 0.4) is 0 Å². The van der Waals surface area contributed by atoms with Gasteiger partial charge >= 0.3 is 25.2 Å². The molecule has 0 bridgehead atoms. The van der Waals surface area contributed by atoms with E-state index in [9.17, 15) is 23.7 Å². The summed E-state index contributed by atoms with van der Waals surface area (Å²) in [4.78, 5) is 52.1. The van der Waals surface area contributed by atoms with Crippen molar-refractivity contribution in [2.75, 3.05) is 20.2 Å². The van der Waals surface area contributed by atoms with Crippen molar-refractivity contribution in [3.05, 3.63) is 39.3 Å². The van der Waals surface area contributed by atoms with E-state index in [-0.39, 0.29) is 23.8 Å². The number of rotatable bonds is 27. The van der Waals surface area contributed by atoms with Crippen molar-refractivity contribution in [1.29, 1.82) is 0 Å². The summed E-state index contributed by atoms with van der Waals surface area (Å²) < 4.78 is 51.3. The quantitative estimate of drug-likeness (QED) is 0.0396. The number of carbonyl (C=O) groups is 2. The molecule has 1 aliphatic rings. The molecule has 336 valence electrons. The van der Waals surface area contributed by atoms with Crippen LogP contribution in [0.4, 0.5) is 0 Å². The number of nitrogens with zero attached hydrogens (tertiary/aromatic N) is 4. The molecule has 0 radical (unpaired) electrons. The summed E-state index contributed by atoms with van der Waals surface area (Å²) in [5, 5.41) is 8.26. The molecule has 3 rings (SSSR count). The van der Waals surface area contributed by atoms with Gasteiger partial charge in [0.05, 0.1) is 29.7 Å². The van der Waals surface area contributed by atoms with Crippen LogP contribution in [0, 0.1) is 22.7 Å². The summed E-state index contributed by atoms with van der Waals surface area (Å²) >= 11 is 0. The van der Waals surface area contributed by atoms with Crippen LogP contribution in [0.25, 0.3) is 0 Å². The molecule has 1 saturated heterocycles. The predicted molar refractivity (Wildman–Crippen MR) is 224 cm³/mol. The van der Waals surface area contributed by atoms with Gasteiger partial charge in [0.25, 0.3) is 5.56 Å². The number of aromatic nitrogens is 5. The third-order valence-electron chi connectivity index (χ3n) is 10.3. The number of hydrogen-bond acceptors (Lipinski definition) is 13. The maximum Gasteiger partial charge on any atom is 0.388 e. The number of carbonyl (C=O) groups excluding carboxylic acids is 2. The molecule has 0 aromatic carbocycles. The molecule has 0 spiro atoms. The molecular weight excluding hydrogens is 781 g/mol. The Hall–Kier alpha value is -3.17. The summed E-state index contributed by atoms with van der Waals surface area (Å²) in [5.74, 6) is -1.39. The lowest BCUT2D eigenvalue weighted by Crippen LogP contribution is -2.38. The zero-order valence-corrected chi connectivity index (χ0v) is 38.0. The zero-order chi connectivity index (χ0) is 43.6. The number of H-pyrrole nitrogens is 1. The number of aromatic amines is 1. The van der Waals surface area contributed by atoms with Crippen molar-refractivity contribution < 1.29 is 42.1 Å². The molecule has 3 heterocycles. The molecule has 17 heteroatoms. The summed E-state index contributed by atoms with van der Waals surface area (Å²) in [7, 11) is -4.36. The van der Waals surface area contributed by atoms with Crippen LogP contribution in [0.2, 0.25) is 0 Å². The van der Waals surface area contributed by atoms with E-state index >= 15 is 0 Å². The minimum absolute atomic E-state index is 0.0283. The van der Waals surface area contributed by atoms with Gasteiger partial charge in [-0.2, -0.15) is 0 Å². The van der Waals surface area contributed by atoms with E-state index in [0.29, 0.717) is 6.61 Å². The van der Waals surface area contributed by atoms with Crippen LogP contribution < -0.4 is 16.7 Å². The Balaban J connectivity index is 1.68. The minimum Gasteiger partial charge on any atom is -0.438 e. The SMILES string of the molecule is CCCCCCCCCCCCCCCCOC1C(C(C)C)C(Cn2cc(P(=O)(OCOC(=O)C(C)(C)C)OCOC(=O)C(C)(C)C)nn2)OC1n1ccc(=O)[nH]c1=O. The second-order valence-electron chi connectivity index (χ2n) is 18.0. The van der Waals surface area contributed by atoms with E-state index in [1.807, 2.05) is 13.8 Å². The lowest BCUT2D eigenvalue weighted by atomic mass is 9.86. The largest absolute Gasteiger partial charge is 0.438 e. The number of hydrogen-bond donors (Lipinski definition) is 1. The summed E-state index contributed by atoms with van der Waals surface area (Å²) in [6.07, 6.45) is 18.3. The van der Waals surface area contributed by atoms with E-state index in [4.69, 9.17) is 28.0 Å². The molecule has 1 fully saturated rings. The van der Waals surface area contributed by atoms with Crippen molar-refractivity contribution in [3.8, 4) is 0 Å². The molecule has 4 atom stereocenters. The van der Waals surface area contributed by atoms with Gasteiger partial charge < -0.3 is 18.9 Å². The van der Waals surface area contributed by atoms with Gasteiger partial charge in [-0.3, -0.25) is 37.5 Å². The molecule has 16 nitrogen and oxygen atoms in total. The van der Waals surface area contributed by atoms with Gasteiger partial charge in [0.2, 0.25) is 13.6 Å². The third-order valence-corrected chi connectivity index (χ3v) is 12.0. The van der Waals surface area contributed by atoms with Gasteiger partial charge in [-0.05, 0) is 53.9 Å². The topological polar surface area (TPSA) is 192 Å². The summed E-state index contributed by atoms with van der Waals surface area (Å²) in [5.41, 5.74) is -3.05. The van der Waals surface area contributed by atoms with Crippen molar-refractivity contribution in [2.24, 2.45) is 22.7 Å². The maximum absolute atomic E-state index is 14.1. The Morgan fingerprint density at radius 1 is 0.831 bits per heavy atom. The first-order valence-corrected chi connectivity index (χ1v) is 23.1. The number of unbranched alkanes of at least 4 members (excludes halogenated alkanes) is 13. The van der Waals surface area contributed by atoms with E-state index in [1.165, 1.54) is 98.3 Å². The summed E-state index contributed by atoms with van der Waals surface area (Å²) in [6, 6.07) is 1.27. The minimum atomic E-state index is -4.36. The lowest BCUT2D eigenvalue weighted by molar-refractivity contribution is -0.161. The lowest BCUT2D eigenvalue weighted by Gasteiger charge is -2.28. The second kappa shape index (κ2) is 24.3. The highest BCUT2D eigenvalue weighted by Gasteiger charge is 2.48. The fourth-order valence-corrected chi connectivity index (χ4v) is 8.02. The van der Waals surface area contributed by atoms with E-state index in [0.717, 1.165) is 19.3 Å². The predicted octanol–water partition coefficient (Wildman–Crippen LogP) is 7.81. The highest BCUT2D eigenvalue weighted by Crippen LogP contribution is 2.47. The van der Waals surface area contributed by atoms with Crippen LogP contribution >= 0.6 is 7.60 Å². The van der Waals surface area contributed by atoms with Crippen molar-refractivity contribution in [2.45, 2.75) is 177 Å². The van der Waals surface area contributed by atoms with Gasteiger partial charge in [-0.1, -0.05) is 109 Å². The Morgan fingerprint density at radius 3 is 1.81 bits per heavy atom. The van der Waals surface area contributed by atoms with Crippen LogP contribution in [-0.4, -0.2) is 68.9 Å². The first kappa shape index (κ1) is 50.2. The monoisotopic (exact) mass is 853 g/mol. The standard InChI is InChI=1S/C42H72N5O11P/c1-10-11-12-13-14-15-16-17-18-19-20-21-22-23-26-53-36-35(31(2)3)32(58-37(36)47-25-24-33(48)43-40(47)51)27-46-28-34(44-45-46)59(52,56-29-54-38(49)41(4,5)6)57-30-55-39(50)42(7,8)9/h24-25,28,31-32,35-37H,10-23,26-27,29-30H2,1-9H3,(H,43,48,51). The Labute approximate surface area is 350 Å². The van der Waals surface area contributed by atoms with E-state index in [1.54, 1.807) is 41.5 Å². The third kappa shape index (κ3) is 16.7. The van der Waals surface area contributed by atoms with Crippen LogP contribution in [-0.2, 0) is 48.7 Å². The van der Waals surface area contributed by atoms with Gasteiger partial charge in [0, 0.05) is 24.8 Å². The molecule has 2 aromatic heterocycles. The van der Waals surface area contributed by atoms with E-state index < -0.39 is 73.6 Å². The highest BCUT2D eigenvalue weighted by molar-refractivity contribution is 7.61. The molecule has 1 N–H and O–H groups in total. The average molecular weight is 854 g/mol. The smallest absolute Gasteiger partial charge is 0.388 e. The fraction of sp³-hybridized carbons (Fsp3) is 0.810. The normalized spacial score (nSPS) is 18.7. The van der Waals surface area contributed by atoms with Crippen LogP contribution in [0.5, 0.6) is 0 Å². The molecule has 4 unspecified atom stereocenters. The Bertz CT molecular complexity index is 1690.